The highest BCUT2D eigenvalue weighted by molar-refractivity contribution is 5.63. The minimum atomic E-state index is -0.696. The summed E-state index contributed by atoms with van der Waals surface area (Å²) in [7, 11) is 0. The Labute approximate surface area is 88.3 Å². The van der Waals surface area contributed by atoms with Gasteiger partial charge in [-0.2, -0.15) is 0 Å². The van der Waals surface area contributed by atoms with Crippen LogP contribution in [0.5, 0.6) is 0 Å². The Balaban J connectivity index is 2.16. The molecule has 2 rings (SSSR count). The molecule has 1 aliphatic heterocycles. The smallest absolute Gasteiger partial charge is 0.430 e. The molecule has 1 aliphatic rings. The maximum atomic E-state index is 10.9. The van der Waals surface area contributed by atoms with Gasteiger partial charge in [-0.3, -0.25) is 0 Å². The van der Waals surface area contributed by atoms with Crippen LogP contribution in [0.4, 0.5) is 4.79 Å². The molecule has 1 fully saturated rings. The van der Waals surface area contributed by atoms with E-state index >= 15 is 0 Å². The van der Waals surface area contributed by atoms with E-state index in [2.05, 4.69) is 6.58 Å². The summed E-state index contributed by atoms with van der Waals surface area (Å²) in [5.74, 6) is 0. The summed E-state index contributed by atoms with van der Waals surface area (Å²) in [6.45, 7) is 3.93. The maximum absolute atomic E-state index is 10.9. The van der Waals surface area contributed by atoms with Gasteiger partial charge in [0.05, 0.1) is 0 Å². The minimum Gasteiger partial charge on any atom is -0.430 e. The largest absolute Gasteiger partial charge is 0.509 e. The Kier molecular flexibility index (Phi) is 2.46. The standard InChI is InChI=1S/C12H12O3/c1-2-12(9-14-11(13)15-12)8-10-6-4-3-5-7-10/h2-7H,1,8-9H2/t12-/m1/s1. The van der Waals surface area contributed by atoms with Crippen LogP contribution < -0.4 is 0 Å². The Bertz CT molecular complexity index is 372. The lowest BCUT2D eigenvalue weighted by Crippen LogP contribution is -2.31. The first kappa shape index (κ1) is 9.77. The van der Waals surface area contributed by atoms with Gasteiger partial charge in [0.1, 0.15) is 6.61 Å². The number of carbonyl (C=O) groups is 1. The predicted octanol–water partition coefficient (Wildman–Crippen LogP) is 2.32. The third kappa shape index (κ3) is 2.01. The number of hydrogen-bond donors (Lipinski definition) is 0. The summed E-state index contributed by atoms with van der Waals surface area (Å²) < 4.78 is 9.92. The van der Waals surface area contributed by atoms with Crippen molar-refractivity contribution in [2.45, 2.75) is 12.0 Å². The fraction of sp³-hybridized carbons (Fsp3) is 0.250. The average Bonchev–Trinajstić information content (AvgIpc) is 2.62. The molecule has 3 heteroatoms. The molecule has 0 aromatic heterocycles. The van der Waals surface area contributed by atoms with Crippen molar-refractivity contribution in [2.75, 3.05) is 6.61 Å². The number of cyclic esters (lactones) is 2. The van der Waals surface area contributed by atoms with Crippen molar-refractivity contribution >= 4 is 6.16 Å². The SMILES string of the molecule is C=C[C@@]1(Cc2ccccc2)COC(=O)O1. The number of hydrogen-bond acceptors (Lipinski definition) is 3. The van der Waals surface area contributed by atoms with Gasteiger partial charge < -0.3 is 9.47 Å². The van der Waals surface area contributed by atoms with E-state index in [9.17, 15) is 4.79 Å². The van der Waals surface area contributed by atoms with Crippen LogP contribution >= 0.6 is 0 Å². The van der Waals surface area contributed by atoms with E-state index in [1.54, 1.807) is 6.08 Å². The van der Waals surface area contributed by atoms with Crippen LogP contribution in [0.3, 0.4) is 0 Å². The lowest BCUT2D eigenvalue weighted by molar-refractivity contribution is 0.0898. The van der Waals surface area contributed by atoms with Crippen LogP contribution in [0.15, 0.2) is 43.0 Å². The molecule has 3 nitrogen and oxygen atoms in total. The van der Waals surface area contributed by atoms with E-state index in [0.29, 0.717) is 6.42 Å². The van der Waals surface area contributed by atoms with Crippen molar-refractivity contribution in [1.82, 2.24) is 0 Å². The number of ether oxygens (including phenoxy) is 2. The maximum Gasteiger partial charge on any atom is 0.509 e. The van der Waals surface area contributed by atoms with Crippen LogP contribution in [-0.4, -0.2) is 18.4 Å². The molecule has 0 radical (unpaired) electrons. The van der Waals surface area contributed by atoms with E-state index in [1.165, 1.54) is 0 Å². The third-order valence-corrected chi connectivity index (χ3v) is 2.44. The zero-order valence-corrected chi connectivity index (χ0v) is 8.31. The molecule has 0 unspecified atom stereocenters. The van der Waals surface area contributed by atoms with E-state index in [1.807, 2.05) is 30.3 Å². The number of benzene rings is 1. The van der Waals surface area contributed by atoms with Crippen LogP contribution in [-0.2, 0) is 15.9 Å². The number of carbonyl (C=O) groups excluding carboxylic acids is 1. The first-order valence-corrected chi connectivity index (χ1v) is 4.77. The molecule has 0 bridgehead atoms. The van der Waals surface area contributed by atoms with Crippen molar-refractivity contribution in [3.8, 4) is 0 Å². The average molecular weight is 204 g/mol. The van der Waals surface area contributed by atoms with Gasteiger partial charge in [-0.05, 0) is 11.6 Å². The zero-order valence-electron chi connectivity index (χ0n) is 8.31. The zero-order chi connectivity index (χ0) is 10.7. The molecule has 1 saturated heterocycles. The molecule has 1 aromatic rings. The van der Waals surface area contributed by atoms with Crippen LogP contribution in [0, 0.1) is 0 Å². The van der Waals surface area contributed by atoms with E-state index < -0.39 is 11.8 Å². The molecule has 0 saturated carbocycles. The molecular formula is C12H12O3. The highest BCUT2D eigenvalue weighted by atomic mass is 16.8. The molecule has 78 valence electrons. The summed E-state index contributed by atoms with van der Waals surface area (Å²) in [6.07, 6.45) is 1.61. The van der Waals surface area contributed by atoms with Crippen molar-refractivity contribution in [2.24, 2.45) is 0 Å². The molecule has 0 amide bonds. The summed E-state index contributed by atoms with van der Waals surface area (Å²) in [5, 5.41) is 0. The molecule has 0 aliphatic carbocycles. The van der Waals surface area contributed by atoms with Crippen molar-refractivity contribution in [3.63, 3.8) is 0 Å². The summed E-state index contributed by atoms with van der Waals surface area (Å²) in [5.41, 5.74) is 0.397. The highest BCUT2D eigenvalue weighted by Gasteiger charge is 2.39. The van der Waals surface area contributed by atoms with Gasteiger partial charge in [0, 0.05) is 6.42 Å². The van der Waals surface area contributed by atoms with E-state index in [-0.39, 0.29) is 6.61 Å². The Morgan fingerprint density at radius 1 is 1.40 bits per heavy atom. The van der Waals surface area contributed by atoms with Crippen molar-refractivity contribution < 1.29 is 14.3 Å². The first-order chi connectivity index (χ1) is 7.24. The second-order valence-electron chi connectivity index (χ2n) is 3.57. The van der Waals surface area contributed by atoms with Crippen LogP contribution in [0.25, 0.3) is 0 Å². The van der Waals surface area contributed by atoms with Gasteiger partial charge >= 0.3 is 6.16 Å². The molecule has 1 aromatic carbocycles. The fourth-order valence-corrected chi connectivity index (χ4v) is 1.61. The summed E-state index contributed by atoms with van der Waals surface area (Å²) >= 11 is 0. The second kappa shape index (κ2) is 3.77. The lowest BCUT2D eigenvalue weighted by atomic mass is 9.95. The van der Waals surface area contributed by atoms with Gasteiger partial charge in [-0.25, -0.2) is 4.79 Å². The van der Waals surface area contributed by atoms with Crippen LogP contribution in [0.1, 0.15) is 5.56 Å². The Hall–Kier alpha value is -1.77. The molecule has 15 heavy (non-hydrogen) atoms. The van der Waals surface area contributed by atoms with Gasteiger partial charge in [0.2, 0.25) is 0 Å². The molecule has 0 N–H and O–H groups in total. The number of rotatable bonds is 3. The quantitative estimate of drug-likeness (QED) is 0.560. The highest BCUT2D eigenvalue weighted by Crippen LogP contribution is 2.25. The molecule has 1 heterocycles. The van der Waals surface area contributed by atoms with Crippen molar-refractivity contribution in [3.05, 3.63) is 48.6 Å². The molecule has 1 atom stereocenters. The Morgan fingerprint density at radius 2 is 2.13 bits per heavy atom. The van der Waals surface area contributed by atoms with Gasteiger partial charge in [0.25, 0.3) is 0 Å². The summed E-state index contributed by atoms with van der Waals surface area (Å²) in [6, 6.07) is 9.81. The first-order valence-electron chi connectivity index (χ1n) is 4.77. The van der Waals surface area contributed by atoms with E-state index in [4.69, 9.17) is 9.47 Å². The summed E-state index contributed by atoms with van der Waals surface area (Å²) in [4.78, 5) is 10.9. The third-order valence-electron chi connectivity index (χ3n) is 2.44. The Morgan fingerprint density at radius 3 is 2.67 bits per heavy atom. The van der Waals surface area contributed by atoms with Gasteiger partial charge in [0.15, 0.2) is 5.60 Å². The van der Waals surface area contributed by atoms with Crippen LogP contribution in [0.2, 0.25) is 0 Å². The monoisotopic (exact) mass is 204 g/mol. The predicted molar refractivity (Wildman–Crippen MR) is 55.5 cm³/mol. The minimum absolute atomic E-state index is 0.240. The molecule has 0 spiro atoms. The van der Waals surface area contributed by atoms with Gasteiger partial charge in [-0.1, -0.05) is 36.9 Å². The molecular weight excluding hydrogens is 192 g/mol. The lowest BCUT2D eigenvalue weighted by Gasteiger charge is -2.20. The van der Waals surface area contributed by atoms with Gasteiger partial charge in [-0.15, -0.1) is 0 Å². The normalized spacial score (nSPS) is 24.4. The fourth-order valence-electron chi connectivity index (χ4n) is 1.61. The topological polar surface area (TPSA) is 35.5 Å². The van der Waals surface area contributed by atoms with E-state index in [0.717, 1.165) is 5.56 Å². The van der Waals surface area contributed by atoms with Crippen molar-refractivity contribution in [1.29, 1.82) is 0 Å². The second-order valence-corrected chi connectivity index (χ2v) is 3.57.